The molecular formula is C13H24N2. The quantitative estimate of drug-likeness (QED) is 0.760. The van der Waals surface area contributed by atoms with Crippen LogP contribution in [0.5, 0.6) is 0 Å². The summed E-state index contributed by atoms with van der Waals surface area (Å²) in [5, 5.41) is 3.87. The van der Waals surface area contributed by atoms with Gasteiger partial charge in [-0.3, -0.25) is 4.90 Å². The molecule has 2 atom stereocenters. The van der Waals surface area contributed by atoms with Crippen molar-refractivity contribution in [3.63, 3.8) is 0 Å². The number of hydrogen-bond donors (Lipinski definition) is 1. The third-order valence-corrected chi connectivity index (χ3v) is 5.05. The number of hydrogen-bond acceptors (Lipinski definition) is 2. The molecule has 15 heavy (non-hydrogen) atoms. The average molecular weight is 208 g/mol. The van der Waals surface area contributed by atoms with Gasteiger partial charge in [0.05, 0.1) is 0 Å². The highest BCUT2D eigenvalue weighted by molar-refractivity contribution is 4.99. The zero-order valence-corrected chi connectivity index (χ0v) is 9.97. The molecule has 0 aromatic carbocycles. The predicted octanol–water partition coefficient (Wildman–Crippen LogP) is 2.00. The minimum atomic E-state index is 0.714. The molecule has 2 saturated heterocycles. The normalized spacial score (nSPS) is 38.2. The van der Waals surface area contributed by atoms with Crippen LogP contribution in [0.15, 0.2) is 0 Å². The van der Waals surface area contributed by atoms with Gasteiger partial charge in [0, 0.05) is 25.2 Å². The van der Waals surface area contributed by atoms with Gasteiger partial charge in [-0.15, -0.1) is 0 Å². The Morgan fingerprint density at radius 1 is 1.27 bits per heavy atom. The summed E-state index contributed by atoms with van der Waals surface area (Å²) < 4.78 is 0. The third kappa shape index (κ3) is 1.83. The largest absolute Gasteiger partial charge is 0.312 e. The summed E-state index contributed by atoms with van der Waals surface area (Å²) in [5.74, 6) is 0. The van der Waals surface area contributed by atoms with Crippen LogP contribution in [0.25, 0.3) is 0 Å². The van der Waals surface area contributed by atoms with E-state index in [1.165, 1.54) is 58.2 Å². The molecule has 86 valence electrons. The molecule has 2 heteroatoms. The number of nitrogens with one attached hydrogen (secondary N) is 1. The standard InChI is InChI=1S/C13H24N2/c1-2-13(6-7-13)10-14-11-5-9-15-8-3-4-12(11)15/h11-12,14H,2-10H2,1H3. The Morgan fingerprint density at radius 2 is 2.13 bits per heavy atom. The molecule has 3 rings (SSSR count). The summed E-state index contributed by atoms with van der Waals surface area (Å²) in [4.78, 5) is 2.70. The fourth-order valence-corrected chi connectivity index (χ4v) is 3.50. The zero-order chi connectivity index (χ0) is 10.3. The zero-order valence-electron chi connectivity index (χ0n) is 9.97. The fraction of sp³-hybridized carbons (Fsp3) is 1.00. The Kier molecular flexibility index (Phi) is 2.52. The lowest BCUT2D eigenvalue weighted by atomic mass is 10.0. The van der Waals surface area contributed by atoms with Crippen molar-refractivity contribution in [3.8, 4) is 0 Å². The van der Waals surface area contributed by atoms with E-state index >= 15 is 0 Å². The van der Waals surface area contributed by atoms with Crippen LogP contribution < -0.4 is 5.32 Å². The van der Waals surface area contributed by atoms with Crippen molar-refractivity contribution in [2.24, 2.45) is 5.41 Å². The fourth-order valence-electron chi connectivity index (χ4n) is 3.50. The second-order valence-corrected chi connectivity index (χ2v) is 5.88. The Hall–Kier alpha value is -0.0800. The Labute approximate surface area is 93.4 Å². The summed E-state index contributed by atoms with van der Waals surface area (Å²) >= 11 is 0. The maximum atomic E-state index is 3.87. The van der Waals surface area contributed by atoms with Gasteiger partial charge >= 0.3 is 0 Å². The maximum Gasteiger partial charge on any atom is 0.0250 e. The second-order valence-electron chi connectivity index (χ2n) is 5.88. The third-order valence-electron chi connectivity index (χ3n) is 5.05. The van der Waals surface area contributed by atoms with Crippen LogP contribution >= 0.6 is 0 Å². The molecule has 3 aliphatic rings. The number of rotatable bonds is 4. The minimum Gasteiger partial charge on any atom is -0.312 e. The van der Waals surface area contributed by atoms with Crippen LogP contribution in [0.1, 0.15) is 45.4 Å². The van der Waals surface area contributed by atoms with E-state index in [-0.39, 0.29) is 0 Å². The van der Waals surface area contributed by atoms with Crippen molar-refractivity contribution in [3.05, 3.63) is 0 Å². The molecule has 0 aromatic heterocycles. The highest BCUT2D eigenvalue weighted by atomic mass is 15.2. The van der Waals surface area contributed by atoms with Gasteiger partial charge in [-0.2, -0.15) is 0 Å². The maximum absolute atomic E-state index is 3.87. The molecule has 0 spiro atoms. The van der Waals surface area contributed by atoms with Crippen LogP contribution in [0, 0.1) is 5.41 Å². The van der Waals surface area contributed by atoms with Crippen LogP contribution in [0.4, 0.5) is 0 Å². The lowest BCUT2D eigenvalue weighted by molar-refractivity contribution is 0.289. The number of fused-ring (bicyclic) bond motifs is 1. The van der Waals surface area contributed by atoms with Gasteiger partial charge in [-0.1, -0.05) is 6.92 Å². The molecule has 1 aliphatic carbocycles. The van der Waals surface area contributed by atoms with E-state index in [4.69, 9.17) is 0 Å². The molecule has 0 amide bonds. The van der Waals surface area contributed by atoms with E-state index in [9.17, 15) is 0 Å². The first-order valence-electron chi connectivity index (χ1n) is 6.80. The summed E-state index contributed by atoms with van der Waals surface area (Å²) in [6.07, 6.45) is 8.58. The smallest absolute Gasteiger partial charge is 0.0250 e. The van der Waals surface area contributed by atoms with Gasteiger partial charge in [0.2, 0.25) is 0 Å². The van der Waals surface area contributed by atoms with Crippen molar-refractivity contribution in [2.75, 3.05) is 19.6 Å². The molecule has 1 saturated carbocycles. The van der Waals surface area contributed by atoms with Crippen LogP contribution in [-0.2, 0) is 0 Å². The molecule has 1 N–H and O–H groups in total. The molecule has 2 aliphatic heterocycles. The monoisotopic (exact) mass is 208 g/mol. The Bertz CT molecular complexity index is 235. The summed E-state index contributed by atoms with van der Waals surface area (Å²) in [5.41, 5.74) is 0.714. The SMILES string of the molecule is CCC1(CNC2CCN3CCCC23)CC1. The average Bonchev–Trinajstić information content (AvgIpc) is 2.71. The van der Waals surface area contributed by atoms with Crippen LogP contribution in [-0.4, -0.2) is 36.6 Å². The van der Waals surface area contributed by atoms with Crippen molar-refractivity contribution < 1.29 is 0 Å². The molecule has 0 aromatic rings. The Morgan fingerprint density at radius 3 is 2.87 bits per heavy atom. The van der Waals surface area contributed by atoms with Crippen molar-refractivity contribution in [2.45, 2.75) is 57.5 Å². The highest BCUT2D eigenvalue weighted by Gasteiger charge is 2.43. The van der Waals surface area contributed by atoms with Crippen molar-refractivity contribution >= 4 is 0 Å². The number of nitrogens with zero attached hydrogens (tertiary/aromatic N) is 1. The molecule has 2 nitrogen and oxygen atoms in total. The van der Waals surface area contributed by atoms with Gasteiger partial charge in [-0.25, -0.2) is 0 Å². The lowest BCUT2D eigenvalue weighted by Crippen LogP contribution is -2.41. The first-order chi connectivity index (χ1) is 7.33. The topological polar surface area (TPSA) is 15.3 Å². The van der Waals surface area contributed by atoms with E-state index in [1.54, 1.807) is 0 Å². The predicted molar refractivity (Wildman–Crippen MR) is 63.0 cm³/mol. The lowest BCUT2D eigenvalue weighted by Gasteiger charge is -2.23. The van der Waals surface area contributed by atoms with Crippen molar-refractivity contribution in [1.29, 1.82) is 0 Å². The van der Waals surface area contributed by atoms with E-state index < -0.39 is 0 Å². The van der Waals surface area contributed by atoms with Gasteiger partial charge in [0.15, 0.2) is 0 Å². The second kappa shape index (κ2) is 3.74. The van der Waals surface area contributed by atoms with E-state index in [0.717, 1.165) is 12.1 Å². The summed E-state index contributed by atoms with van der Waals surface area (Å²) in [6.45, 7) is 6.35. The van der Waals surface area contributed by atoms with Crippen LogP contribution in [0.3, 0.4) is 0 Å². The first kappa shape index (κ1) is 10.1. The first-order valence-corrected chi connectivity index (χ1v) is 6.80. The molecular weight excluding hydrogens is 184 g/mol. The Balaban J connectivity index is 1.51. The van der Waals surface area contributed by atoms with Gasteiger partial charge in [-0.05, 0) is 50.5 Å². The highest BCUT2D eigenvalue weighted by Crippen LogP contribution is 2.48. The van der Waals surface area contributed by atoms with Crippen molar-refractivity contribution in [1.82, 2.24) is 10.2 Å². The van der Waals surface area contributed by atoms with Gasteiger partial charge in [0.1, 0.15) is 0 Å². The van der Waals surface area contributed by atoms with Gasteiger partial charge < -0.3 is 5.32 Å². The molecule has 0 radical (unpaired) electrons. The summed E-state index contributed by atoms with van der Waals surface area (Å²) in [7, 11) is 0. The molecule has 3 fully saturated rings. The summed E-state index contributed by atoms with van der Waals surface area (Å²) in [6, 6.07) is 1.70. The van der Waals surface area contributed by atoms with E-state index in [1.807, 2.05) is 0 Å². The van der Waals surface area contributed by atoms with Gasteiger partial charge in [0.25, 0.3) is 0 Å². The minimum absolute atomic E-state index is 0.714. The molecule has 2 heterocycles. The molecule has 0 bridgehead atoms. The molecule has 2 unspecified atom stereocenters. The van der Waals surface area contributed by atoms with Crippen LogP contribution in [0.2, 0.25) is 0 Å². The van der Waals surface area contributed by atoms with E-state index in [2.05, 4.69) is 17.1 Å². The van der Waals surface area contributed by atoms with E-state index in [0.29, 0.717) is 5.41 Å².